The van der Waals surface area contributed by atoms with Crippen LogP contribution >= 0.6 is 0 Å². The molecule has 0 saturated carbocycles. The van der Waals surface area contributed by atoms with Gasteiger partial charge >= 0.3 is 0 Å². The highest BCUT2D eigenvalue weighted by Crippen LogP contribution is 2.31. The fraction of sp³-hybridized carbons (Fsp3) is 0.154. The van der Waals surface area contributed by atoms with Crippen molar-refractivity contribution in [2.24, 2.45) is 0 Å². The van der Waals surface area contributed by atoms with Crippen molar-refractivity contribution in [2.75, 3.05) is 5.73 Å². The number of nitrogens with two attached hydrogens (primary N) is 1. The van der Waals surface area contributed by atoms with Crippen molar-refractivity contribution in [1.29, 1.82) is 0 Å². The molecule has 5 heteroatoms. The van der Waals surface area contributed by atoms with Crippen molar-refractivity contribution in [1.82, 2.24) is 14.5 Å². The number of aromatic nitrogens is 3. The molecule has 0 saturated heterocycles. The molecule has 0 aliphatic carbocycles. The fourth-order valence-electron chi connectivity index (χ4n) is 2.76. The molecule has 0 spiro atoms. The minimum absolute atomic E-state index is 0.0416. The van der Waals surface area contributed by atoms with E-state index in [0.717, 1.165) is 23.9 Å². The molecule has 88 valence electrons. The van der Waals surface area contributed by atoms with E-state index in [1.807, 2.05) is 18.2 Å². The van der Waals surface area contributed by atoms with Gasteiger partial charge in [-0.3, -0.25) is 4.79 Å². The molecule has 0 radical (unpaired) electrons. The van der Waals surface area contributed by atoms with E-state index in [0.29, 0.717) is 11.4 Å². The van der Waals surface area contributed by atoms with Crippen molar-refractivity contribution >= 4 is 16.9 Å². The first-order valence-electron chi connectivity index (χ1n) is 5.83. The molecule has 1 aromatic carbocycles. The number of hydrogen-bond donors (Lipinski definition) is 1. The zero-order valence-electron chi connectivity index (χ0n) is 9.55. The third-order valence-electron chi connectivity index (χ3n) is 3.49. The predicted molar refractivity (Wildman–Crippen MR) is 68.5 cm³/mol. The van der Waals surface area contributed by atoms with Crippen molar-refractivity contribution in [3.63, 3.8) is 0 Å². The molecule has 0 bridgehead atoms. The second-order valence-corrected chi connectivity index (χ2v) is 4.53. The third-order valence-corrected chi connectivity index (χ3v) is 3.49. The van der Waals surface area contributed by atoms with E-state index in [4.69, 9.17) is 5.73 Å². The number of anilines is 1. The summed E-state index contributed by atoms with van der Waals surface area (Å²) in [6, 6.07) is 8.00. The maximum atomic E-state index is 11.9. The summed E-state index contributed by atoms with van der Waals surface area (Å²) in [5, 5.41) is 1.06. The molecule has 18 heavy (non-hydrogen) atoms. The van der Waals surface area contributed by atoms with Gasteiger partial charge in [-0.1, -0.05) is 18.2 Å². The highest BCUT2D eigenvalue weighted by Gasteiger charge is 2.22. The summed E-state index contributed by atoms with van der Waals surface area (Å²) in [6.45, 7) is 0.836. The fourth-order valence-corrected chi connectivity index (χ4v) is 2.76. The summed E-state index contributed by atoms with van der Waals surface area (Å²) < 4.78 is 2.07. The van der Waals surface area contributed by atoms with Crippen molar-refractivity contribution in [3.05, 3.63) is 40.2 Å². The molecule has 2 N–H and O–H groups in total. The Morgan fingerprint density at radius 2 is 2.17 bits per heavy atom. The molecule has 0 aromatic heterocycles. The van der Waals surface area contributed by atoms with Gasteiger partial charge in [0.15, 0.2) is 0 Å². The van der Waals surface area contributed by atoms with Gasteiger partial charge in [-0.2, -0.15) is 9.97 Å². The van der Waals surface area contributed by atoms with Crippen LogP contribution in [0.4, 0.5) is 5.95 Å². The minimum atomic E-state index is -0.305. The Balaban J connectivity index is 2.31. The van der Waals surface area contributed by atoms with Crippen molar-refractivity contribution in [3.8, 4) is 11.4 Å². The van der Waals surface area contributed by atoms with Gasteiger partial charge in [-0.25, -0.2) is 0 Å². The van der Waals surface area contributed by atoms with Gasteiger partial charge in [0, 0.05) is 6.54 Å². The van der Waals surface area contributed by atoms with E-state index >= 15 is 0 Å². The lowest BCUT2D eigenvalue weighted by molar-refractivity contribution is 0.756. The van der Waals surface area contributed by atoms with Crippen LogP contribution in [-0.2, 0) is 13.0 Å². The summed E-state index contributed by atoms with van der Waals surface area (Å²) in [5.41, 5.74) is 8.25. The predicted octanol–water partition coefficient (Wildman–Crippen LogP) is 1.03. The number of nitrogens with zero attached hydrogens (tertiary/aromatic N) is 3. The van der Waals surface area contributed by atoms with Crippen LogP contribution in [0.3, 0.4) is 0 Å². The summed E-state index contributed by atoms with van der Waals surface area (Å²) in [6.07, 6.45) is 0.967. The smallest absolute Gasteiger partial charge is 0.284 e. The highest BCUT2D eigenvalue weighted by atomic mass is 16.1. The molecule has 0 unspecified atom stereocenters. The van der Waals surface area contributed by atoms with Gasteiger partial charge < -0.3 is 10.3 Å². The van der Waals surface area contributed by atoms with Crippen molar-refractivity contribution in [2.45, 2.75) is 13.0 Å². The van der Waals surface area contributed by atoms with Crippen LogP contribution < -0.4 is 11.3 Å². The first-order chi connectivity index (χ1) is 8.74. The average Bonchev–Trinajstić information content (AvgIpc) is 2.77. The van der Waals surface area contributed by atoms with Crippen LogP contribution in [0, 0.1) is 0 Å². The standard InChI is InChI=1S/C13H10N4O/c14-13-15-11-9(12(18)16-13)6-8-3-1-2-7-4-5-17(11)10(7)8/h1-3,6H,4-5H2,(H2,14,16,18). The Kier molecular flexibility index (Phi) is 1.63. The Hall–Kier alpha value is -2.43. The zero-order valence-corrected chi connectivity index (χ0v) is 9.55. The number of hydrogen-bond acceptors (Lipinski definition) is 4. The van der Waals surface area contributed by atoms with Crippen LogP contribution in [0.15, 0.2) is 29.1 Å². The Morgan fingerprint density at radius 1 is 1.28 bits per heavy atom. The average molecular weight is 238 g/mol. The zero-order chi connectivity index (χ0) is 12.3. The van der Waals surface area contributed by atoms with Crippen LogP contribution in [0.25, 0.3) is 22.3 Å². The normalized spacial score (nSPS) is 13.6. The maximum absolute atomic E-state index is 11.9. The molecule has 3 aliphatic heterocycles. The number of rotatable bonds is 0. The van der Waals surface area contributed by atoms with E-state index in [2.05, 4.69) is 20.6 Å². The van der Waals surface area contributed by atoms with E-state index in [1.165, 1.54) is 5.56 Å². The number of pyridine rings is 1. The molecule has 0 amide bonds. The van der Waals surface area contributed by atoms with Gasteiger partial charge in [0.1, 0.15) is 5.82 Å². The second-order valence-electron chi connectivity index (χ2n) is 4.53. The lowest BCUT2D eigenvalue weighted by atomic mass is 10.1. The SMILES string of the molecule is Nc1nc2n3c4c(cccc4cc-2c(=O)n1)CC3. The van der Waals surface area contributed by atoms with Gasteiger partial charge in [-0.15, -0.1) is 0 Å². The van der Waals surface area contributed by atoms with E-state index < -0.39 is 0 Å². The molecule has 0 atom stereocenters. The topological polar surface area (TPSA) is 73.8 Å². The van der Waals surface area contributed by atoms with Crippen molar-refractivity contribution < 1.29 is 0 Å². The lowest BCUT2D eigenvalue weighted by Gasteiger charge is -2.13. The maximum Gasteiger partial charge on any atom is 0.284 e. The molecule has 4 rings (SSSR count). The Labute approximate surface area is 102 Å². The summed E-state index contributed by atoms with van der Waals surface area (Å²) >= 11 is 0. The van der Waals surface area contributed by atoms with E-state index in [1.54, 1.807) is 0 Å². The summed E-state index contributed by atoms with van der Waals surface area (Å²) in [4.78, 5) is 19.8. The molecule has 5 nitrogen and oxygen atoms in total. The molecule has 3 heterocycles. The van der Waals surface area contributed by atoms with E-state index in [-0.39, 0.29) is 11.5 Å². The highest BCUT2D eigenvalue weighted by molar-refractivity contribution is 5.89. The number of nitrogen functional groups attached to an aromatic ring is 1. The lowest BCUT2D eigenvalue weighted by Crippen LogP contribution is -2.18. The quantitative estimate of drug-likeness (QED) is 0.594. The number of fused-ring (bicyclic) bond motifs is 2. The van der Waals surface area contributed by atoms with Gasteiger partial charge in [0.25, 0.3) is 5.56 Å². The molecule has 3 aliphatic rings. The van der Waals surface area contributed by atoms with Crippen LogP contribution in [-0.4, -0.2) is 14.5 Å². The van der Waals surface area contributed by atoms with E-state index in [9.17, 15) is 4.79 Å². The Morgan fingerprint density at radius 3 is 3.06 bits per heavy atom. The number of benzene rings is 1. The first-order valence-corrected chi connectivity index (χ1v) is 5.83. The largest absolute Gasteiger partial charge is 0.368 e. The van der Waals surface area contributed by atoms with Crippen LogP contribution in [0.5, 0.6) is 0 Å². The van der Waals surface area contributed by atoms with Gasteiger partial charge in [-0.05, 0) is 23.4 Å². The molecule has 0 fully saturated rings. The monoisotopic (exact) mass is 238 g/mol. The van der Waals surface area contributed by atoms with Gasteiger partial charge in [0.2, 0.25) is 5.95 Å². The molecule has 1 aromatic rings. The molecular weight excluding hydrogens is 228 g/mol. The molecular formula is C13H10N4O. The number of para-hydroxylation sites is 1. The van der Waals surface area contributed by atoms with Crippen LogP contribution in [0.2, 0.25) is 0 Å². The summed E-state index contributed by atoms with van der Waals surface area (Å²) in [5.74, 6) is 0.685. The third kappa shape index (κ3) is 1.08. The second kappa shape index (κ2) is 3.07. The minimum Gasteiger partial charge on any atom is -0.368 e. The van der Waals surface area contributed by atoms with Gasteiger partial charge in [0.05, 0.1) is 11.1 Å². The first kappa shape index (κ1) is 9.58. The van der Waals surface area contributed by atoms with Crippen LogP contribution in [0.1, 0.15) is 5.56 Å². The summed E-state index contributed by atoms with van der Waals surface area (Å²) in [7, 11) is 0. The number of aryl methyl sites for hydroxylation is 2. The Bertz CT molecular complexity index is 821.